The molecular weight excluding hydrogens is 671 g/mol. The lowest BCUT2D eigenvalue weighted by atomic mass is 9.98. The highest BCUT2D eigenvalue weighted by Crippen LogP contribution is 2.48. The second-order valence-electron chi connectivity index (χ2n) is 13.6. The number of hydrogen-bond acceptors (Lipinski definition) is 5. The lowest BCUT2D eigenvalue weighted by molar-refractivity contribution is 0.666. The van der Waals surface area contributed by atoms with Gasteiger partial charge >= 0.3 is 0 Å². The molecule has 0 amide bonds. The zero-order valence-electron chi connectivity index (χ0n) is 28.2. The molecule has 0 saturated heterocycles. The molecule has 8 aromatic carbocycles. The zero-order valence-corrected chi connectivity index (χ0v) is 29.0. The first-order valence-corrected chi connectivity index (χ1v) is 18.6. The Morgan fingerprint density at radius 2 is 0.943 bits per heavy atom. The first-order valence-electron chi connectivity index (χ1n) is 17.7. The van der Waals surface area contributed by atoms with E-state index in [1.807, 2.05) is 35.6 Å². The van der Waals surface area contributed by atoms with Crippen molar-refractivity contribution < 1.29 is 13.3 Å². The molecule has 53 heavy (non-hydrogen) atoms. The van der Waals surface area contributed by atoms with Crippen LogP contribution in [0.2, 0.25) is 0 Å². The molecule has 4 heterocycles. The highest BCUT2D eigenvalue weighted by atomic mass is 32.1. The summed E-state index contributed by atoms with van der Waals surface area (Å²) in [6.45, 7) is 0. The molecule has 0 fully saturated rings. The van der Waals surface area contributed by atoms with Crippen molar-refractivity contribution in [1.82, 2.24) is 0 Å². The van der Waals surface area contributed by atoms with Crippen LogP contribution in [0.25, 0.3) is 97.1 Å². The molecule has 0 aliphatic rings. The average Bonchev–Trinajstić information content (AvgIpc) is 3.98. The lowest BCUT2D eigenvalue weighted by Gasteiger charge is -2.25. The number of nitrogens with zero attached hydrogens (tertiary/aromatic N) is 1. The van der Waals surface area contributed by atoms with Gasteiger partial charge in [0.15, 0.2) is 11.2 Å². The predicted octanol–water partition coefficient (Wildman–Crippen LogP) is 14.9. The van der Waals surface area contributed by atoms with Crippen molar-refractivity contribution in [1.29, 1.82) is 0 Å². The molecule has 0 saturated carbocycles. The van der Waals surface area contributed by atoms with Gasteiger partial charge in [-0.25, -0.2) is 0 Å². The van der Waals surface area contributed by atoms with Crippen LogP contribution in [0.3, 0.4) is 0 Å². The standard InChI is InChI=1S/C48H27NO3S/c1-4-18-39-31(10-1)34-14-7-16-37(46(34)51-39)49(38-17-8-15-35-32-11-2-5-19-40(32)52-47(35)38)29-24-22-28(23-25-29)30-13-9-20-41-44(30)45-42(50-41)27-26-36-33-12-3-6-21-43(33)53-48(36)45/h1-27H. The van der Waals surface area contributed by atoms with Crippen LogP contribution in [-0.4, -0.2) is 0 Å². The van der Waals surface area contributed by atoms with Gasteiger partial charge in [0.1, 0.15) is 22.3 Å². The third-order valence-electron chi connectivity index (χ3n) is 10.7. The summed E-state index contributed by atoms with van der Waals surface area (Å²) in [6.07, 6.45) is 0. The van der Waals surface area contributed by atoms with Crippen LogP contribution in [0.15, 0.2) is 177 Å². The summed E-state index contributed by atoms with van der Waals surface area (Å²) in [7, 11) is 0. The second kappa shape index (κ2) is 10.8. The Morgan fingerprint density at radius 1 is 0.377 bits per heavy atom. The smallest absolute Gasteiger partial charge is 0.159 e. The van der Waals surface area contributed by atoms with Crippen LogP contribution in [0.5, 0.6) is 0 Å². The van der Waals surface area contributed by atoms with E-state index in [1.54, 1.807) is 0 Å². The lowest BCUT2D eigenvalue weighted by Crippen LogP contribution is -2.10. The van der Waals surface area contributed by atoms with Gasteiger partial charge in [-0.1, -0.05) is 103 Å². The van der Waals surface area contributed by atoms with Crippen molar-refractivity contribution in [2.75, 3.05) is 4.90 Å². The minimum atomic E-state index is 0.827. The monoisotopic (exact) mass is 697 g/mol. The highest BCUT2D eigenvalue weighted by molar-refractivity contribution is 7.26. The van der Waals surface area contributed by atoms with Gasteiger partial charge in [0.2, 0.25) is 0 Å². The van der Waals surface area contributed by atoms with Crippen LogP contribution in [-0.2, 0) is 0 Å². The maximum atomic E-state index is 6.63. The Labute approximate surface area is 306 Å². The molecule has 0 aliphatic carbocycles. The van der Waals surface area contributed by atoms with Crippen molar-refractivity contribution in [2.45, 2.75) is 0 Å². The quantitative estimate of drug-likeness (QED) is 0.184. The van der Waals surface area contributed by atoms with Gasteiger partial charge in [0, 0.05) is 58.2 Å². The fraction of sp³-hybridized carbons (Fsp3) is 0. The minimum absolute atomic E-state index is 0.827. The van der Waals surface area contributed by atoms with Crippen LogP contribution in [0.1, 0.15) is 0 Å². The first kappa shape index (κ1) is 28.8. The Hall–Kier alpha value is -6.82. The highest BCUT2D eigenvalue weighted by Gasteiger charge is 2.24. The molecule has 4 nitrogen and oxygen atoms in total. The van der Waals surface area contributed by atoms with Crippen molar-refractivity contribution in [2.24, 2.45) is 0 Å². The summed E-state index contributed by atoms with van der Waals surface area (Å²) in [5, 5.41) is 9.19. The third kappa shape index (κ3) is 4.11. The Bertz CT molecular complexity index is 3300. The fourth-order valence-corrected chi connectivity index (χ4v) is 9.59. The first-order chi connectivity index (χ1) is 26.3. The van der Waals surface area contributed by atoms with Crippen LogP contribution in [0, 0.1) is 0 Å². The van der Waals surface area contributed by atoms with Crippen molar-refractivity contribution in [3.63, 3.8) is 0 Å². The van der Waals surface area contributed by atoms with Gasteiger partial charge in [-0.3, -0.25) is 0 Å². The minimum Gasteiger partial charge on any atom is -0.456 e. The van der Waals surface area contributed by atoms with Gasteiger partial charge in [-0.05, 0) is 71.8 Å². The number of furan rings is 3. The van der Waals surface area contributed by atoms with E-state index in [1.165, 1.54) is 25.6 Å². The number of thiophene rings is 1. The van der Waals surface area contributed by atoms with Crippen molar-refractivity contribution in [3.8, 4) is 11.1 Å². The second-order valence-corrected chi connectivity index (χ2v) is 14.6. The van der Waals surface area contributed by atoms with Gasteiger partial charge in [0.05, 0.1) is 11.4 Å². The molecule has 0 N–H and O–H groups in total. The van der Waals surface area contributed by atoms with E-state index >= 15 is 0 Å². The number of hydrogen-bond donors (Lipinski definition) is 0. The summed E-state index contributed by atoms with van der Waals surface area (Å²) < 4.78 is 22.3. The summed E-state index contributed by atoms with van der Waals surface area (Å²) in [5.41, 5.74) is 10.3. The zero-order chi connectivity index (χ0) is 34.6. The fourth-order valence-electron chi connectivity index (χ4n) is 8.34. The molecule has 0 spiro atoms. The van der Waals surface area contributed by atoms with E-state index in [9.17, 15) is 0 Å². The molecule has 4 aromatic heterocycles. The van der Waals surface area contributed by atoms with Crippen molar-refractivity contribution >= 4 is 114 Å². The molecule has 0 unspecified atom stereocenters. The molecule has 12 rings (SSSR count). The molecule has 0 aliphatic heterocycles. The topological polar surface area (TPSA) is 42.7 Å². The molecule has 248 valence electrons. The summed E-state index contributed by atoms with van der Waals surface area (Å²) in [4.78, 5) is 2.27. The molecule has 0 bridgehead atoms. The Morgan fingerprint density at radius 3 is 1.64 bits per heavy atom. The number of anilines is 3. The van der Waals surface area contributed by atoms with E-state index in [-0.39, 0.29) is 0 Å². The van der Waals surface area contributed by atoms with Gasteiger partial charge in [0.25, 0.3) is 0 Å². The predicted molar refractivity (Wildman–Crippen MR) is 221 cm³/mol. The molecular formula is C48H27NO3S. The maximum Gasteiger partial charge on any atom is 0.159 e. The van der Waals surface area contributed by atoms with E-state index in [0.29, 0.717) is 0 Å². The third-order valence-corrected chi connectivity index (χ3v) is 11.9. The number of rotatable bonds is 4. The van der Waals surface area contributed by atoms with Gasteiger partial charge in [-0.2, -0.15) is 0 Å². The van der Waals surface area contributed by atoms with Gasteiger partial charge in [-0.15, -0.1) is 11.3 Å². The van der Waals surface area contributed by atoms with Crippen LogP contribution < -0.4 is 4.90 Å². The Kier molecular flexibility index (Phi) is 5.90. The van der Waals surface area contributed by atoms with Crippen LogP contribution >= 0.6 is 11.3 Å². The van der Waals surface area contributed by atoms with Crippen molar-refractivity contribution in [3.05, 3.63) is 164 Å². The molecule has 0 atom stereocenters. The maximum absolute atomic E-state index is 6.63. The number of benzene rings is 8. The Balaban J connectivity index is 1.09. The van der Waals surface area contributed by atoms with E-state index in [4.69, 9.17) is 13.3 Å². The van der Waals surface area contributed by atoms with E-state index in [2.05, 4.69) is 144 Å². The molecule has 12 aromatic rings. The van der Waals surface area contributed by atoms with Gasteiger partial charge < -0.3 is 18.2 Å². The summed E-state index contributed by atoms with van der Waals surface area (Å²) in [6, 6.07) is 57.4. The number of para-hydroxylation sites is 4. The largest absolute Gasteiger partial charge is 0.456 e. The molecule has 5 heteroatoms. The summed E-state index contributed by atoms with van der Waals surface area (Å²) in [5.74, 6) is 0. The van der Waals surface area contributed by atoms with E-state index in [0.717, 1.165) is 88.6 Å². The molecule has 0 radical (unpaired) electrons. The summed E-state index contributed by atoms with van der Waals surface area (Å²) >= 11 is 1.84. The normalized spacial score (nSPS) is 12.2. The van der Waals surface area contributed by atoms with E-state index < -0.39 is 0 Å². The van der Waals surface area contributed by atoms with Crippen LogP contribution in [0.4, 0.5) is 17.1 Å². The SMILES string of the molecule is c1ccc2c(c1)oc1c(N(c3ccc(-c4cccc5oc6ccc7c8ccccc8sc7c6c45)cc3)c3cccc4c3oc3ccccc34)cccc12. The average molecular weight is 698 g/mol. The number of fused-ring (bicyclic) bond motifs is 13.